The largest absolute Gasteiger partial charge is 0.481 e. The minimum Gasteiger partial charge on any atom is -0.481 e. The summed E-state index contributed by atoms with van der Waals surface area (Å²) >= 11 is 0. The van der Waals surface area contributed by atoms with Crippen molar-refractivity contribution in [3.63, 3.8) is 0 Å². The number of nitrogens with one attached hydrogen (secondary N) is 1. The minimum absolute atomic E-state index is 0.0729. The average molecular weight is 198 g/mol. The summed E-state index contributed by atoms with van der Waals surface area (Å²) in [7, 11) is 1.79. The predicted octanol–water partition coefficient (Wildman–Crippen LogP) is -0.232. The van der Waals surface area contributed by atoms with Gasteiger partial charge in [-0.15, -0.1) is 0 Å². The summed E-state index contributed by atoms with van der Waals surface area (Å²) in [6.45, 7) is 2.31. The molecule has 1 unspecified atom stereocenters. The van der Waals surface area contributed by atoms with E-state index in [1.165, 1.54) is 0 Å². The van der Waals surface area contributed by atoms with E-state index in [0.717, 1.165) is 0 Å². The molecule has 0 fully saturated rings. The normalized spacial score (nSPS) is 12.7. The van der Waals surface area contributed by atoms with E-state index in [9.17, 15) is 4.79 Å². The molecule has 0 bridgehead atoms. The first-order chi connectivity index (χ1) is 6.58. The summed E-state index contributed by atoms with van der Waals surface area (Å²) in [5.74, 6) is -0.135. The maximum absolute atomic E-state index is 10.3. The number of aliphatic carboxylic acids is 1. The van der Waals surface area contributed by atoms with Crippen LogP contribution in [0.4, 0.5) is 0 Å². The third-order valence-corrected chi connectivity index (χ3v) is 1.74. The lowest BCUT2D eigenvalue weighted by atomic mass is 10.2. The Morgan fingerprint density at radius 3 is 3.00 bits per heavy atom. The van der Waals surface area contributed by atoms with Crippen LogP contribution in [0.25, 0.3) is 0 Å². The number of carbonyl (C=O) groups is 1. The summed E-state index contributed by atoms with van der Waals surface area (Å²) in [5.41, 5.74) is 0. The van der Waals surface area contributed by atoms with E-state index in [2.05, 4.69) is 15.4 Å². The number of carboxylic acids is 1. The van der Waals surface area contributed by atoms with Gasteiger partial charge in [0.15, 0.2) is 5.82 Å². The first-order valence-corrected chi connectivity index (χ1v) is 4.37. The van der Waals surface area contributed by atoms with E-state index < -0.39 is 5.97 Å². The van der Waals surface area contributed by atoms with Crippen LogP contribution < -0.4 is 5.32 Å². The second kappa shape index (κ2) is 4.71. The smallest absolute Gasteiger partial charge is 0.304 e. The number of rotatable bonds is 5. The molecule has 0 amide bonds. The third-order valence-electron chi connectivity index (χ3n) is 1.74. The van der Waals surface area contributed by atoms with Crippen molar-refractivity contribution < 1.29 is 9.90 Å². The molecule has 0 aliphatic rings. The van der Waals surface area contributed by atoms with Crippen LogP contribution in [0.1, 0.15) is 19.2 Å². The summed E-state index contributed by atoms with van der Waals surface area (Å²) in [6, 6.07) is -0.0729. The van der Waals surface area contributed by atoms with E-state index in [1.807, 2.05) is 6.92 Å². The molecule has 0 saturated carbocycles. The molecule has 1 aromatic heterocycles. The minimum atomic E-state index is -0.806. The Morgan fingerprint density at radius 1 is 1.79 bits per heavy atom. The molecule has 1 heterocycles. The van der Waals surface area contributed by atoms with Gasteiger partial charge in [-0.1, -0.05) is 0 Å². The molecule has 1 aromatic rings. The third kappa shape index (κ3) is 3.53. The van der Waals surface area contributed by atoms with Gasteiger partial charge < -0.3 is 10.4 Å². The Kier molecular flexibility index (Phi) is 3.58. The van der Waals surface area contributed by atoms with Crippen LogP contribution in [0.5, 0.6) is 0 Å². The average Bonchev–Trinajstić information content (AvgIpc) is 2.47. The molecule has 0 spiro atoms. The van der Waals surface area contributed by atoms with Crippen molar-refractivity contribution in [2.24, 2.45) is 7.05 Å². The summed E-state index contributed by atoms with van der Waals surface area (Å²) in [4.78, 5) is 14.4. The standard InChI is InChI=1S/C8H14N4O2/c1-6(3-8(13)14)9-4-7-10-5-12(2)11-7/h5-6,9H,3-4H2,1-2H3,(H,13,14). The van der Waals surface area contributed by atoms with Crippen LogP contribution >= 0.6 is 0 Å². The number of nitrogens with zero attached hydrogens (tertiary/aromatic N) is 3. The monoisotopic (exact) mass is 198 g/mol. The number of hydrogen-bond donors (Lipinski definition) is 2. The number of aromatic nitrogens is 3. The summed E-state index contributed by atoms with van der Waals surface area (Å²) in [6.07, 6.45) is 1.71. The van der Waals surface area contributed by atoms with Gasteiger partial charge in [0.25, 0.3) is 0 Å². The van der Waals surface area contributed by atoms with Gasteiger partial charge in [0.2, 0.25) is 0 Å². The Labute approximate surface area is 82.0 Å². The zero-order valence-electron chi connectivity index (χ0n) is 8.27. The molecule has 0 aromatic carbocycles. The van der Waals surface area contributed by atoms with Gasteiger partial charge in [0.1, 0.15) is 6.33 Å². The zero-order valence-corrected chi connectivity index (χ0v) is 8.27. The van der Waals surface area contributed by atoms with Crippen molar-refractivity contribution in [1.82, 2.24) is 20.1 Å². The Morgan fingerprint density at radius 2 is 2.50 bits per heavy atom. The van der Waals surface area contributed by atoms with E-state index in [1.54, 1.807) is 18.1 Å². The van der Waals surface area contributed by atoms with E-state index in [4.69, 9.17) is 5.11 Å². The van der Waals surface area contributed by atoms with Crippen LogP contribution in [-0.2, 0) is 18.4 Å². The Hall–Kier alpha value is -1.43. The molecule has 0 aliphatic carbocycles. The number of aryl methyl sites for hydroxylation is 1. The highest BCUT2D eigenvalue weighted by molar-refractivity contribution is 5.67. The van der Waals surface area contributed by atoms with E-state index >= 15 is 0 Å². The van der Waals surface area contributed by atoms with Crippen LogP contribution in [0.2, 0.25) is 0 Å². The van der Waals surface area contributed by atoms with Gasteiger partial charge in [-0.25, -0.2) is 4.98 Å². The SMILES string of the molecule is CC(CC(=O)O)NCc1ncn(C)n1. The summed E-state index contributed by atoms with van der Waals surface area (Å²) in [5, 5.41) is 15.6. The molecule has 6 heteroatoms. The molecular weight excluding hydrogens is 184 g/mol. The molecule has 0 aliphatic heterocycles. The topological polar surface area (TPSA) is 80.0 Å². The fourth-order valence-electron chi connectivity index (χ4n) is 1.06. The highest BCUT2D eigenvalue weighted by Gasteiger charge is 2.07. The van der Waals surface area contributed by atoms with Crippen molar-refractivity contribution in [3.8, 4) is 0 Å². The van der Waals surface area contributed by atoms with Crippen LogP contribution in [-0.4, -0.2) is 31.9 Å². The lowest BCUT2D eigenvalue weighted by Crippen LogP contribution is -2.28. The van der Waals surface area contributed by atoms with Gasteiger partial charge in [0.05, 0.1) is 13.0 Å². The van der Waals surface area contributed by atoms with Crippen molar-refractivity contribution in [2.45, 2.75) is 25.9 Å². The molecule has 2 N–H and O–H groups in total. The van der Waals surface area contributed by atoms with Crippen LogP contribution in [0.15, 0.2) is 6.33 Å². The number of hydrogen-bond acceptors (Lipinski definition) is 4. The molecule has 1 atom stereocenters. The van der Waals surface area contributed by atoms with E-state index in [0.29, 0.717) is 12.4 Å². The van der Waals surface area contributed by atoms with Crippen molar-refractivity contribution in [3.05, 3.63) is 12.2 Å². The van der Waals surface area contributed by atoms with Crippen LogP contribution in [0.3, 0.4) is 0 Å². The number of carboxylic acid groups (broad SMARTS) is 1. The van der Waals surface area contributed by atoms with Gasteiger partial charge in [-0.2, -0.15) is 5.10 Å². The van der Waals surface area contributed by atoms with Gasteiger partial charge in [-0.3, -0.25) is 9.48 Å². The lowest BCUT2D eigenvalue weighted by Gasteiger charge is -2.08. The molecule has 0 saturated heterocycles. The molecule has 0 radical (unpaired) electrons. The lowest BCUT2D eigenvalue weighted by molar-refractivity contribution is -0.137. The van der Waals surface area contributed by atoms with Gasteiger partial charge >= 0.3 is 5.97 Å². The van der Waals surface area contributed by atoms with E-state index in [-0.39, 0.29) is 12.5 Å². The fourth-order valence-corrected chi connectivity index (χ4v) is 1.06. The van der Waals surface area contributed by atoms with Crippen LogP contribution in [0, 0.1) is 0 Å². The maximum atomic E-state index is 10.3. The van der Waals surface area contributed by atoms with Gasteiger partial charge in [0, 0.05) is 13.1 Å². The van der Waals surface area contributed by atoms with Gasteiger partial charge in [-0.05, 0) is 6.92 Å². The Bertz CT molecular complexity index is 310. The fraction of sp³-hybridized carbons (Fsp3) is 0.625. The highest BCUT2D eigenvalue weighted by Crippen LogP contribution is 1.93. The van der Waals surface area contributed by atoms with Crippen molar-refractivity contribution in [1.29, 1.82) is 0 Å². The van der Waals surface area contributed by atoms with Crippen molar-refractivity contribution >= 4 is 5.97 Å². The molecular formula is C8H14N4O2. The molecule has 14 heavy (non-hydrogen) atoms. The molecule has 6 nitrogen and oxygen atoms in total. The quantitative estimate of drug-likeness (QED) is 0.683. The Balaban J connectivity index is 2.30. The predicted molar refractivity (Wildman–Crippen MR) is 49.6 cm³/mol. The highest BCUT2D eigenvalue weighted by atomic mass is 16.4. The maximum Gasteiger partial charge on any atom is 0.304 e. The van der Waals surface area contributed by atoms with Crippen molar-refractivity contribution in [2.75, 3.05) is 0 Å². The second-order valence-corrected chi connectivity index (χ2v) is 3.21. The molecule has 78 valence electrons. The zero-order chi connectivity index (χ0) is 10.6. The first kappa shape index (κ1) is 10.6. The second-order valence-electron chi connectivity index (χ2n) is 3.21. The molecule has 1 rings (SSSR count). The summed E-state index contributed by atoms with van der Waals surface area (Å²) < 4.78 is 1.61. The first-order valence-electron chi connectivity index (χ1n) is 4.37.